The Labute approximate surface area is 94.1 Å². The maximum atomic E-state index is 5.82. The van der Waals surface area contributed by atoms with Crippen molar-refractivity contribution in [1.82, 2.24) is 9.78 Å². The second-order valence-electron chi connectivity index (χ2n) is 3.59. The zero-order valence-corrected chi connectivity index (χ0v) is 9.14. The first kappa shape index (κ1) is 10.4. The van der Waals surface area contributed by atoms with Crippen molar-refractivity contribution in [2.75, 3.05) is 16.8 Å². The molecule has 5 heteroatoms. The zero-order chi connectivity index (χ0) is 11.5. The molecule has 2 rings (SSSR count). The molecule has 84 valence electrons. The van der Waals surface area contributed by atoms with Gasteiger partial charge in [-0.05, 0) is 12.1 Å². The van der Waals surface area contributed by atoms with Gasteiger partial charge in [0.2, 0.25) is 0 Å². The van der Waals surface area contributed by atoms with Gasteiger partial charge in [0.05, 0.1) is 12.2 Å². The molecule has 1 aromatic carbocycles. The number of para-hydroxylation sites is 1. The molecule has 16 heavy (non-hydrogen) atoms. The lowest BCUT2D eigenvalue weighted by atomic mass is 10.3. The molecule has 0 bridgehead atoms. The second-order valence-corrected chi connectivity index (χ2v) is 3.59. The Bertz CT molecular complexity index is 475. The molecule has 0 amide bonds. The van der Waals surface area contributed by atoms with E-state index in [-0.39, 0.29) is 0 Å². The van der Waals surface area contributed by atoms with E-state index in [1.54, 1.807) is 11.7 Å². The van der Waals surface area contributed by atoms with Crippen LogP contribution in [-0.4, -0.2) is 9.78 Å². The van der Waals surface area contributed by atoms with Crippen LogP contribution >= 0.6 is 0 Å². The molecule has 0 fully saturated rings. The average Bonchev–Trinajstić information content (AvgIpc) is 2.56. The Balaban J connectivity index is 2.08. The number of benzene rings is 1. The van der Waals surface area contributed by atoms with Gasteiger partial charge in [0.15, 0.2) is 0 Å². The highest BCUT2D eigenvalue weighted by Crippen LogP contribution is 2.19. The summed E-state index contributed by atoms with van der Waals surface area (Å²) in [6.45, 7) is 0.570. The van der Waals surface area contributed by atoms with Crippen LogP contribution in [0.4, 0.5) is 17.2 Å². The number of nitrogen functional groups attached to an aromatic ring is 2. The van der Waals surface area contributed by atoms with E-state index in [4.69, 9.17) is 11.5 Å². The minimum absolute atomic E-state index is 0.505. The number of aromatic nitrogens is 2. The smallest absolute Gasteiger partial charge is 0.145 e. The SMILES string of the molecule is Cn1nc(CNc2ccccc2)c(N)c1N. The first-order valence-corrected chi connectivity index (χ1v) is 5.04. The Morgan fingerprint density at radius 2 is 1.94 bits per heavy atom. The van der Waals surface area contributed by atoms with Crippen LogP contribution in [0.5, 0.6) is 0 Å². The van der Waals surface area contributed by atoms with E-state index in [0.717, 1.165) is 11.4 Å². The summed E-state index contributed by atoms with van der Waals surface area (Å²) in [7, 11) is 1.78. The third kappa shape index (κ3) is 1.93. The number of rotatable bonds is 3. The third-order valence-electron chi connectivity index (χ3n) is 2.44. The van der Waals surface area contributed by atoms with Crippen molar-refractivity contribution in [3.63, 3.8) is 0 Å². The summed E-state index contributed by atoms with van der Waals surface area (Å²) in [6.07, 6.45) is 0. The molecular formula is C11H15N5. The molecule has 0 radical (unpaired) electrons. The van der Waals surface area contributed by atoms with Gasteiger partial charge in [-0.3, -0.25) is 4.68 Å². The Morgan fingerprint density at radius 1 is 1.25 bits per heavy atom. The van der Waals surface area contributed by atoms with Crippen molar-refractivity contribution >= 4 is 17.2 Å². The van der Waals surface area contributed by atoms with Crippen molar-refractivity contribution in [1.29, 1.82) is 0 Å². The molecule has 0 saturated carbocycles. The molecular weight excluding hydrogens is 202 g/mol. The van der Waals surface area contributed by atoms with Crippen LogP contribution in [0, 0.1) is 0 Å². The number of aryl methyl sites for hydroxylation is 1. The number of anilines is 3. The quantitative estimate of drug-likeness (QED) is 0.721. The topological polar surface area (TPSA) is 81.9 Å². The molecule has 2 aromatic rings. The van der Waals surface area contributed by atoms with Gasteiger partial charge in [-0.1, -0.05) is 18.2 Å². The second kappa shape index (κ2) is 4.14. The van der Waals surface area contributed by atoms with Crippen LogP contribution in [0.3, 0.4) is 0 Å². The van der Waals surface area contributed by atoms with Crippen molar-refractivity contribution in [2.24, 2.45) is 7.05 Å². The summed E-state index contributed by atoms with van der Waals surface area (Å²) in [5.74, 6) is 0.505. The molecule has 0 saturated heterocycles. The predicted molar refractivity (Wildman–Crippen MR) is 65.8 cm³/mol. The standard InChI is InChI=1S/C11H15N5/c1-16-11(13)10(12)9(15-16)7-14-8-5-3-2-4-6-8/h2-6,14H,7,12-13H2,1H3. The van der Waals surface area contributed by atoms with Crippen LogP contribution in [0.15, 0.2) is 30.3 Å². The summed E-state index contributed by atoms with van der Waals surface area (Å²) in [4.78, 5) is 0. The first-order chi connectivity index (χ1) is 7.68. The molecule has 0 aliphatic heterocycles. The highest BCUT2D eigenvalue weighted by atomic mass is 15.3. The molecule has 0 spiro atoms. The molecule has 5 N–H and O–H groups in total. The van der Waals surface area contributed by atoms with Crippen LogP contribution in [0.25, 0.3) is 0 Å². The lowest BCUT2D eigenvalue weighted by molar-refractivity contribution is 0.757. The monoisotopic (exact) mass is 217 g/mol. The van der Waals surface area contributed by atoms with Gasteiger partial charge in [-0.2, -0.15) is 5.10 Å². The normalized spacial score (nSPS) is 10.3. The fourth-order valence-corrected chi connectivity index (χ4v) is 1.48. The molecule has 0 unspecified atom stereocenters. The fourth-order valence-electron chi connectivity index (χ4n) is 1.48. The number of hydrogen-bond acceptors (Lipinski definition) is 4. The number of nitrogens with zero attached hydrogens (tertiary/aromatic N) is 2. The van der Waals surface area contributed by atoms with E-state index >= 15 is 0 Å². The van der Waals surface area contributed by atoms with E-state index in [1.165, 1.54) is 0 Å². The summed E-state index contributed by atoms with van der Waals surface area (Å²) in [5, 5.41) is 7.46. The van der Waals surface area contributed by atoms with E-state index in [0.29, 0.717) is 18.1 Å². The molecule has 5 nitrogen and oxygen atoms in total. The summed E-state index contributed by atoms with van der Waals surface area (Å²) < 4.78 is 1.58. The summed E-state index contributed by atoms with van der Waals surface area (Å²) in [5.41, 5.74) is 13.9. The van der Waals surface area contributed by atoms with Crippen LogP contribution in [0.1, 0.15) is 5.69 Å². The Hall–Kier alpha value is -2.17. The minimum atomic E-state index is 0.505. The average molecular weight is 217 g/mol. The minimum Gasteiger partial charge on any atom is -0.394 e. The maximum Gasteiger partial charge on any atom is 0.145 e. The van der Waals surface area contributed by atoms with Gasteiger partial charge in [-0.25, -0.2) is 0 Å². The Kier molecular flexibility index (Phi) is 2.68. The summed E-state index contributed by atoms with van der Waals surface area (Å²) >= 11 is 0. The molecule has 0 atom stereocenters. The molecule has 0 aliphatic rings. The van der Waals surface area contributed by atoms with E-state index < -0.39 is 0 Å². The predicted octanol–water partition coefficient (Wildman–Crippen LogP) is 1.20. The van der Waals surface area contributed by atoms with Crippen molar-refractivity contribution in [3.05, 3.63) is 36.0 Å². The van der Waals surface area contributed by atoms with E-state index in [1.807, 2.05) is 30.3 Å². The molecule has 0 aliphatic carbocycles. The first-order valence-electron chi connectivity index (χ1n) is 5.04. The number of nitrogens with two attached hydrogens (primary N) is 2. The highest BCUT2D eigenvalue weighted by Gasteiger charge is 2.09. The van der Waals surface area contributed by atoms with E-state index in [2.05, 4.69) is 10.4 Å². The van der Waals surface area contributed by atoms with E-state index in [9.17, 15) is 0 Å². The van der Waals surface area contributed by atoms with Gasteiger partial charge < -0.3 is 16.8 Å². The van der Waals surface area contributed by atoms with Crippen molar-refractivity contribution in [2.45, 2.75) is 6.54 Å². The third-order valence-corrected chi connectivity index (χ3v) is 2.44. The molecule has 1 heterocycles. The number of hydrogen-bond donors (Lipinski definition) is 3. The van der Waals surface area contributed by atoms with Gasteiger partial charge in [0.25, 0.3) is 0 Å². The zero-order valence-electron chi connectivity index (χ0n) is 9.14. The largest absolute Gasteiger partial charge is 0.394 e. The van der Waals surface area contributed by atoms with Gasteiger partial charge in [0.1, 0.15) is 11.5 Å². The lowest BCUT2D eigenvalue weighted by Gasteiger charge is -2.03. The lowest BCUT2D eigenvalue weighted by Crippen LogP contribution is -2.02. The van der Waals surface area contributed by atoms with Crippen molar-refractivity contribution < 1.29 is 0 Å². The van der Waals surface area contributed by atoms with Crippen LogP contribution < -0.4 is 16.8 Å². The van der Waals surface area contributed by atoms with Gasteiger partial charge in [-0.15, -0.1) is 0 Å². The van der Waals surface area contributed by atoms with Crippen LogP contribution in [-0.2, 0) is 13.6 Å². The van der Waals surface area contributed by atoms with Crippen LogP contribution in [0.2, 0.25) is 0 Å². The fraction of sp³-hybridized carbons (Fsp3) is 0.182. The molecule has 1 aromatic heterocycles. The van der Waals surface area contributed by atoms with Gasteiger partial charge in [0, 0.05) is 12.7 Å². The number of nitrogens with one attached hydrogen (secondary N) is 1. The van der Waals surface area contributed by atoms with Gasteiger partial charge >= 0.3 is 0 Å². The Morgan fingerprint density at radius 3 is 2.50 bits per heavy atom. The maximum absolute atomic E-state index is 5.82. The van der Waals surface area contributed by atoms with Crippen molar-refractivity contribution in [3.8, 4) is 0 Å². The highest BCUT2D eigenvalue weighted by molar-refractivity contribution is 5.62. The summed E-state index contributed by atoms with van der Waals surface area (Å²) in [6, 6.07) is 9.89.